The Hall–Kier alpha value is -1.78. The summed E-state index contributed by atoms with van der Waals surface area (Å²) in [7, 11) is 0. The predicted octanol–water partition coefficient (Wildman–Crippen LogP) is 4.69. The minimum atomic E-state index is -4.41. The van der Waals surface area contributed by atoms with Crippen molar-refractivity contribution in [2.75, 3.05) is 0 Å². The van der Waals surface area contributed by atoms with Crippen LogP contribution in [0, 0.1) is 6.92 Å². The fourth-order valence-electron chi connectivity index (χ4n) is 2.80. The molecule has 0 amide bonds. The molecular weight excluding hydrogens is 291 g/mol. The van der Waals surface area contributed by atoms with E-state index in [9.17, 15) is 18.0 Å². The minimum Gasteiger partial charge on any atom is -0.308 e. The molecule has 1 heterocycles. The molecule has 0 saturated heterocycles. The fourth-order valence-corrected chi connectivity index (χ4v) is 2.80. The number of aromatic nitrogens is 1. The van der Waals surface area contributed by atoms with Crippen LogP contribution >= 0.6 is 0 Å². The monoisotopic (exact) mass is 311 g/mol. The maximum absolute atomic E-state index is 13.0. The van der Waals surface area contributed by atoms with E-state index in [0.29, 0.717) is 24.0 Å². The summed E-state index contributed by atoms with van der Waals surface area (Å²) in [4.78, 5) is 12.6. The summed E-state index contributed by atoms with van der Waals surface area (Å²) in [6.07, 6.45) is -2.19. The number of nitrogens with zero attached hydrogens (tertiary/aromatic N) is 1. The second-order valence-corrected chi connectivity index (χ2v) is 5.50. The average Bonchev–Trinajstić information content (AvgIpc) is 2.46. The molecule has 0 aliphatic carbocycles. The van der Waals surface area contributed by atoms with Crippen LogP contribution in [0.2, 0.25) is 0 Å². The first-order chi connectivity index (χ1) is 10.3. The third-order valence-electron chi connectivity index (χ3n) is 4.06. The molecule has 0 aliphatic rings. The summed E-state index contributed by atoms with van der Waals surface area (Å²) in [6.45, 7) is 6.13. The molecule has 0 fully saturated rings. The molecule has 0 aliphatic heterocycles. The normalized spacial score (nSPS) is 12.1. The molecule has 2 aromatic rings. The number of fused-ring (bicyclic) bond motifs is 1. The van der Waals surface area contributed by atoms with Gasteiger partial charge in [0.1, 0.15) is 0 Å². The largest absolute Gasteiger partial charge is 0.416 e. The molecular formula is C17H20F3NO. The van der Waals surface area contributed by atoms with Gasteiger partial charge in [0, 0.05) is 17.5 Å². The maximum atomic E-state index is 13.0. The summed E-state index contributed by atoms with van der Waals surface area (Å²) < 4.78 is 40.4. The molecule has 0 bridgehead atoms. The van der Waals surface area contributed by atoms with Gasteiger partial charge in [-0.2, -0.15) is 13.2 Å². The van der Waals surface area contributed by atoms with Crippen LogP contribution in [0.4, 0.5) is 13.2 Å². The van der Waals surface area contributed by atoms with Crippen molar-refractivity contribution in [2.24, 2.45) is 0 Å². The predicted molar refractivity (Wildman–Crippen MR) is 82.2 cm³/mol. The van der Waals surface area contributed by atoms with Gasteiger partial charge in [0.05, 0.1) is 11.1 Å². The zero-order valence-electron chi connectivity index (χ0n) is 13.0. The molecule has 0 N–H and O–H groups in total. The molecule has 0 unspecified atom stereocenters. The minimum absolute atomic E-state index is 0.166. The van der Waals surface area contributed by atoms with E-state index in [0.717, 1.165) is 35.9 Å². The van der Waals surface area contributed by atoms with E-state index < -0.39 is 11.7 Å². The van der Waals surface area contributed by atoms with E-state index in [1.54, 1.807) is 6.92 Å². The van der Waals surface area contributed by atoms with Crippen molar-refractivity contribution >= 4 is 10.9 Å². The number of halogens is 3. The van der Waals surface area contributed by atoms with Gasteiger partial charge in [-0.1, -0.05) is 26.3 Å². The molecule has 0 atom stereocenters. The molecule has 1 aromatic carbocycles. The smallest absolute Gasteiger partial charge is 0.308 e. The lowest BCUT2D eigenvalue weighted by molar-refractivity contribution is -0.137. The lowest BCUT2D eigenvalue weighted by atomic mass is 10.0. The molecule has 0 spiro atoms. The first-order valence-electron chi connectivity index (χ1n) is 7.54. The van der Waals surface area contributed by atoms with E-state index in [2.05, 4.69) is 0 Å². The molecule has 5 heteroatoms. The highest BCUT2D eigenvalue weighted by Gasteiger charge is 2.31. The number of hydrogen-bond acceptors (Lipinski definition) is 1. The van der Waals surface area contributed by atoms with Crippen molar-refractivity contribution in [3.63, 3.8) is 0 Å². The van der Waals surface area contributed by atoms with Crippen LogP contribution in [0.1, 0.15) is 43.4 Å². The number of benzene rings is 1. The summed E-state index contributed by atoms with van der Waals surface area (Å²) in [5.74, 6) is 0. The first-order valence-corrected chi connectivity index (χ1v) is 7.54. The number of aryl methyl sites for hydroxylation is 2. The van der Waals surface area contributed by atoms with Gasteiger partial charge in [0.15, 0.2) is 0 Å². The average molecular weight is 311 g/mol. The third-order valence-corrected chi connectivity index (χ3v) is 4.06. The lowest BCUT2D eigenvalue weighted by Gasteiger charge is -2.17. The second-order valence-electron chi connectivity index (χ2n) is 5.50. The maximum Gasteiger partial charge on any atom is 0.416 e. The van der Waals surface area contributed by atoms with Crippen LogP contribution in [0.25, 0.3) is 10.9 Å². The van der Waals surface area contributed by atoms with Gasteiger partial charge in [0.2, 0.25) is 0 Å². The third kappa shape index (κ3) is 2.89. The summed E-state index contributed by atoms with van der Waals surface area (Å²) in [5, 5.41) is 0.723. The van der Waals surface area contributed by atoms with Gasteiger partial charge in [0.25, 0.3) is 5.56 Å². The number of pyridine rings is 1. The molecule has 120 valence electrons. The molecule has 1 aromatic heterocycles. The van der Waals surface area contributed by atoms with E-state index in [1.165, 1.54) is 10.6 Å². The SMILES string of the molecule is CCCCn1c(=O)c(CC)c(C)c2ccc(C(F)(F)F)cc21. The van der Waals surface area contributed by atoms with Crippen molar-refractivity contribution in [1.82, 2.24) is 4.57 Å². The topological polar surface area (TPSA) is 22.0 Å². The van der Waals surface area contributed by atoms with Crippen molar-refractivity contribution in [3.05, 3.63) is 45.2 Å². The zero-order valence-corrected chi connectivity index (χ0v) is 13.0. The van der Waals surface area contributed by atoms with Crippen molar-refractivity contribution in [3.8, 4) is 0 Å². The van der Waals surface area contributed by atoms with Gasteiger partial charge < -0.3 is 4.57 Å². The summed E-state index contributed by atoms with van der Waals surface area (Å²) in [5.41, 5.74) is 0.962. The molecule has 2 nitrogen and oxygen atoms in total. The number of rotatable bonds is 4. The van der Waals surface area contributed by atoms with Gasteiger partial charge in [-0.25, -0.2) is 0 Å². The molecule has 0 radical (unpaired) electrons. The Kier molecular flexibility index (Phi) is 4.63. The number of unbranched alkanes of at least 4 members (excludes halogenated alkanes) is 1. The highest BCUT2D eigenvalue weighted by molar-refractivity contribution is 5.84. The van der Waals surface area contributed by atoms with Crippen LogP contribution in [0.15, 0.2) is 23.0 Å². The van der Waals surface area contributed by atoms with E-state index in [1.807, 2.05) is 13.8 Å². The van der Waals surface area contributed by atoms with Crippen LogP contribution < -0.4 is 5.56 Å². The Bertz CT molecular complexity index is 744. The zero-order chi connectivity index (χ0) is 16.5. The van der Waals surface area contributed by atoms with Gasteiger partial charge in [-0.15, -0.1) is 0 Å². The Balaban J connectivity index is 2.82. The second kappa shape index (κ2) is 6.15. The van der Waals surface area contributed by atoms with E-state index >= 15 is 0 Å². The van der Waals surface area contributed by atoms with Gasteiger partial charge in [-0.05, 0) is 37.5 Å². The van der Waals surface area contributed by atoms with Crippen molar-refractivity contribution in [2.45, 2.75) is 52.8 Å². The van der Waals surface area contributed by atoms with Crippen molar-refractivity contribution < 1.29 is 13.2 Å². The summed E-state index contributed by atoms with van der Waals surface area (Å²) in [6, 6.07) is 3.66. The van der Waals surface area contributed by atoms with Crippen LogP contribution in [-0.2, 0) is 19.1 Å². The Morgan fingerprint density at radius 1 is 1.18 bits per heavy atom. The molecule has 2 rings (SSSR count). The van der Waals surface area contributed by atoms with Crippen LogP contribution in [0.5, 0.6) is 0 Å². The molecule has 22 heavy (non-hydrogen) atoms. The first kappa shape index (κ1) is 16.6. The Morgan fingerprint density at radius 3 is 2.41 bits per heavy atom. The van der Waals surface area contributed by atoms with Gasteiger partial charge in [-0.3, -0.25) is 4.79 Å². The number of alkyl halides is 3. The highest BCUT2D eigenvalue weighted by atomic mass is 19.4. The Morgan fingerprint density at radius 2 is 1.86 bits per heavy atom. The number of hydrogen-bond donors (Lipinski definition) is 0. The highest BCUT2D eigenvalue weighted by Crippen LogP contribution is 2.32. The van der Waals surface area contributed by atoms with E-state index in [-0.39, 0.29) is 5.56 Å². The standard InChI is InChI=1S/C17H20F3NO/c1-4-6-9-21-15-10-12(17(18,19)20)7-8-14(15)11(3)13(5-2)16(21)22/h7-8,10H,4-6,9H2,1-3H3. The quantitative estimate of drug-likeness (QED) is 0.803. The fraction of sp³-hybridized carbons (Fsp3) is 0.471. The van der Waals surface area contributed by atoms with Crippen molar-refractivity contribution in [1.29, 1.82) is 0 Å². The lowest BCUT2D eigenvalue weighted by Crippen LogP contribution is -2.25. The molecule has 0 saturated carbocycles. The Labute approximate surface area is 127 Å². The van der Waals surface area contributed by atoms with Gasteiger partial charge >= 0.3 is 6.18 Å². The summed E-state index contributed by atoms with van der Waals surface area (Å²) >= 11 is 0. The van der Waals surface area contributed by atoms with Crippen LogP contribution in [0.3, 0.4) is 0 Å². The van der Waals surface area contributed by atoms with E-state index in [4.69, 9.17) is 0 Å². The van der Waals surface area contributed by atoms with Crippen LogP contribution in [-0.4, -0.2) is 4.57 Å².